The Balaban J connectivity index is 2.16. The fourth-order valence-corrected chi connectivity index (χ4v) is 1.69. The molecule has 1 aromatic rings. The van der Waals surface area contributed by atoms with Gasteiger partial charge in [0.25, 0.3) is 0 Å². The van der Waals surface area contributed by atoms with E-state index in [-0.39, 0.29) is 18.5 Å². The van der Waals surface area contributed by atoms with E-state index >= 15 is 0 Å². The molecule has 2 amide bonds. The number of amides is 2. The molecule has 21 heavy (non-hydrogen) atoms. The first-order valence-corrected chi connectivity index (χ1v) is 6.44. The normalized spacial score (nSPS) is 14.6. The third kappa shape index (κ3) is 4.57. The molecule has 1 aromatic heterocycles. The van der Waals surface area contributed by atoms with Crippen LogP contribution >= 0.6 is 0 Å². The van der Waals surface area contributed by atoms with Crippen LogP contribution in [0.1, 0.15) is 0 Å². The standard InChI is InChI=1S/C10H18N8O3/c11-7(20)16-17-9-13-8(12-1-4-19)14-10(15-9)18-2-5-21-6-3-18/h19H,1-6H2,(H3,11,16,20)(H2,12,13,14,15,17). The summed E-state index contributed by atoms with van der Waals surface area (Å²) in [5.74, 6) is 0.877. The van der Waals surface area contributed by atoms with Gasteiger partial charge in [-0.3, -0.25) is 5.43 Å². The molecule has 1 aliphatic rings. The Hall–Kier alpha value is -2.40. The number of carbonyl (C=O) groups is 1. The van der Waals surface area contributed by atoms with Crippen LogP contribution in [0, 0.1) is 0 Å². The highest BCUT2D eigenvalue weighted by Crippen LogP contribution is 2.14. The maximum atomic E-state index is 10.7. The van der Waals surface area contributed by atoms with E-state index in [1.54, 1.807) is 0 Å². The fraction of sp³-hybridized carbons (Fsp3) is 0.600. The number of aliphatic hydroxyl groups excluding tert-OH is 1. The molecule has 0 saturated carbocycles. The molecule has 1 saturated heterocycles. The fourth-order valence-electron chi connectivity index (χ4n) is 1.69. The van der Waals surface area contributed by atoms with E-state index < -0.39 is 6.03 Å². The number of hydrazine groups is 1. The van der Waals surface area contributed by atoms with E-state index in [0.717, 1.165) is 0 Å². The molecule has 0 aromatic carbocycles. The van der Waals surface area contributed by atoms with Crippen molar-refractivity contribution >= 4 is 23.9 Å². The van der Waals surface area contributed by atoms with Crippen molar-refractivity contribution in [1.29, 1.82) is 0 Å². The summed E-state index contributed by atoms with van der Waals surface area (Å²) in [6.45, 7) is 2.75. The zero-order valence-corrected chi connectivity index (χ0v) is 11.4. The molecule has 2 heterocycles. The molecule has 1 fully saturated rings. The van der Waals surface area contributed by atoms with Gasteiger partial charge in [-0.2, -0.15) is 15.0 Å². The minimum Gasteiger partial charge on any atom is -0.395 e. The number of hydrogen-bond acceptors (Lipinski definition) is 9. The van der Waals surface area contributed by atoms with Crippen LogP contribution in [0.2, 0.25) is 0 Å². The number of aliphatic hydroxyl groups is 1. The molecule has 0 spiro atoms. The Labute approximate surface area is 120 Å². The summed E-state index contributed by atoms with van der Waals surface area (Å²) < 4.78 is 5.27. The number of hydrogen-bond donors (Lipinski definition) is 5. The third-order valence-electron chi connectivity index (χ3n) is 2.61. The molecule has 0 bridgehead atoms. The zero-order chi connectivity index (χ0) is 15.1. The van der Waals surface area contributed by atoms with Crippen molar-refractivity contribution in [3.8, 4) is 0 Å². The third-order valence-corrected chi connectivity index (χ3v) is 2.61. The highest BCUT2D eigenvalue weighted by atomic mass is 16.5. The van der Waals surface area contributed by atoms with Crippen LogP contribution < -0.4 is 26.8 Å². The minimum absolute atomic E-state index is 0.0547. The van der Waals surface area contributed by atoms with Gasteiger partial charge in [0.15, 0.2) is 0 Å². The average Bonchev–Trinajstić information content (AvgIpc) is 2.51. The predicted octanol–water partition coefficient (Wildman–Crippen LogP) is -1.89. The summed E-state index contributed by atoms with van der Waals surface area (Å²) in [4.78, 5) is 25.2. The monoisotopic (exact) mass is 298 g/mol. The second-order valence-electron chi connectivity index (χ2n) is 4.15. The van der Waals surface area contributed by atoms with E-state index in [1.807, 2.05) is 4.90 Å². The summed E-state index contributed by atoms with van der Waals surface area (Å²) in [6, 6.07) is -0.756. The van der Waals surface area contributed by atoms with Crippen LogP contribution in [0.3, 0.4) is 0 Å². The molecule has 6 N–H and O–H groups in total. The number of carbonyl (C=O) groups excluding carboxylic acids is 1. The predicted molar refractivity (Wildman–Crippen MR) is 74.8 cm³/mol. The topological polar surface area (TPSA) is 151 Å². The van der Waals surface area contributed by atoms with Crippen molar-refractivity contribution in [2.45, 2.75) is 0 Å². The number of anilines is 3. The van der Waals surface area contributed by atoms with Gasteiger partial charge in [0.2, 0.25) is 17.8 Å². The molecule has 0 radical (unpaired) electrons. The Morgan fingerprint density at radius 1 is 1.29 bits per heavy atom. The van der Waals surface area contributed by atoms with Crippen LogP contribution in [0.15, 0.2) is 0 Å². The van der Waals surface area contributed by atoms with Crippen LogP contribution in [-0.2, 0) is 4.74 Å². The van der Waals surface area contributed by atoms with Gasteiger partial charge in [0.1, 0.15) is 0 Å². The first kappa shape index (κ1) is 15.0. The minimum atomic E-state index is -0.756. The number of nitrogens with one attached hydrogen (secondary N) is 3. The molecular formula is C10H18N8O3. The number of morpholine rings is 1. The summed E-state index contributed by atoms with van der Waals surface area (Å²) in [5, 5.41) is 11.7. The molecule has 11 nitrogen and oxygen atoms in total. The van der Waals surface area contributed by atoms with Crippen molar-refractivity contribution in [3.63, 3.8) is 0 Å². The second kappa shape index (κ2) is 7.40. The smallest absolute Gasteiger partial charge is 0.330 e. The Kier molecular flexibility index (Phi) is 5.29. The number of ether oxygens (including phenoxy) is 1. The lowest BCUT2D eigenvalue weighted by molar-refractivity contribution is 0.122. The maximum Gasteiger partial charge on any atom is 0.330 e. The highest BCUT2D eigenvalue weighted by Gasteiger charge is 2.16. The van der Waals surface area contributed by atoms with Crippen molar-refractivity contribution in [3.05, 3.63) is 0 Å². The van der Waals surface area contributed by atoms with Crippen molar-refractivity contribution in [2.75, 3.05) is 55.1 Å². The van der Waals surface area contributed by atoms with Gasteiger partial charge in [-0.25, -0.2) is 10.2 Å². The van der Waals surface area contributed by atoms with Crippen LogP contribution in [0.5, 0.6) is 0 Å². The lowest BCUT2D eigenvalue weighted by Crippen LogP contribution is -2.38. The van der Waals surface area contributed by atoms with Gasteiger partial charge in [-0.15, -0.1) is 0 Å². The Bertz CT molecular complexity index is 479. The largest absolute Gasteiger partial charge is 0.395 e. The summed E-state index contributed by atoms with van der Waals surface area (Å²) in [6.07, 6.45) is 0. The van der Waals surface area contributed by atoms with Crippen LogP contribution in [-0.4, -0.2) is 65.5 Å². The molecule has 0 unspecified atom stereocenters. The second-order valence-corrected chi connectivity index (χ2v) is 4.15. The van der Waals surface area contributed by atoms with Gasteiger partial charge in [-0.05, 0) is 0 Å². The number of nitrogens with two attached hydrogens (primary N) is 1. The van der Waals surface area contributed by atoms with Crippen LogP contribution in [0.25, 0.3) is 0 Å². The number of rotatable bonds is 6. The molecule has 2 rings (SSSR count). The van der Waals surface area contributed by atoms with Crippen molar-refractivity contribution < 1.29 is 14.6 Å². The first-order chi connectivity index (χ1) is 10.2. The molecule has 1 aliphatic heterocycles. The molecule has 0 aliphatic carbocycles. The lowest BCUT2D eigenvalue weighted by Gasteiger charge is -2.27. The maximum absolute atomic E-state index is 10.7. The van der Waals surface area contributed by atoms with Gasteiger partial charge in [0.05, 0.1) is 19.8 Å². The van der Waals surface area contributed by atoms with E-state index in [2.05, 4.69) is 31.1 Å². The number of primary amides is 1. The summed E-state index contributed by atoms with van der Waals surface area (Å²) in [5.41, 5.74) is 9.66. The van der Waals surface area contributed by atoms with Gasteiger partial charge < -0.3 is 25.8 Å². The Morgan fingerprint density at radius 2 is 2.00 bits per heavy atom. The number of nitrogens with zero attached hydrogens (tertiary/aromatic N) is 4. The SMILES string of the molecule is NC(=O)NNc1nc(NCCO)nc(N2CCOCC2)n1. The molecule has 0 atom stereocenters. The van der Waals surface area contributed by atoms with Gasteiger partial charge in [0, 0.05) is 19.6 Å². The number of urea groups is 1. The van der Waals surface area contributed by atoms with E-state index in [0.29, 0.717) is 38.8 Å². The average molecular weight is 298 g/mol. The number of aromatic nitrogens is 3. The van der Waals surface area contributed by atoms with Crippen LogP contribution in [0.4, 0.5) is 22.6 Å². The molecular weight excluding hydrogens is 280 g/mol. The summed E-state index contributed by atoms with van der Waals surface area (Å²) in [7, 11) is 0. The quantitative estimate of drug-likeness (QED) is 0.379. The summed E-state index contributed by atoms with van der Waals surface area (Å²) >= 11 is 0. The molecule has 116 valence electrons. The van der Waals surface area contributed by atoms with Crippen molar-refractivity contribution in [1.82, 2.24) is 20.4 Å². The zero-order valence-electron chi connectivity index (χ0n) is 11.4. The lowest BCUT2D eigenvalue weighted by atomic mass is 10.4. The highest BCUT2D eigenvalue weighted by molar-refractivity contribution is 5.72. The van der Waals surface area contributed by atoms with E-state index in [4.69, 9.17) is 15.6 Å². The van der Waals surface area contributed by atoms with Gasteiger partial charge >= 0.3 is 6.03 Å². The van der Waals surface area contributed by atoms with E-state index in [1.165, 1.54) is 0 Å². The first-order valence-electron chi connectivity index (χ1n) is 6.44. The van der Waals surface area contributed by atoms with Crippen molar-refractivity contribution in [2.24, 2.45) is 5.73 Å². The van der Waals surface area contributed by atoms with Gasteiger partial charge in [-0.1, -0.05) is 0 Å². The Morgan fingerprint density at radius 3 is 2.67 bits per heavy atom. The molecule has 11 heteroatoms. The van der Waals surface area contributed by atoms with E-state index in [9.17, 15) is 4.79 Å².